The first-order valence-corrected chi connectivity index (χ1v) is 14.0. The Morgan fingerprint density at radius 2 is 1.92 bits per heavy atom. The molecular formula is C29H29ClN4O2S. The molecule has 0 saturated carbocycles. The Morgan fingerprint density at radius 1 is 1.08 bits per heavy atom. The Morgan fingerprint density at radius 3 is 2.70 bits per heavy atom. The second kappa shape index (κ2) is 10.0. The van der Waals surface area contributed by atoms with E-state index in [1.165, 1.54) is 28.0 Å². The molecule has 1 aliphatic heterocycles. The predicted octanol–water partition coefficient (Wildman–Crippen LogP) is 5.17. The molecule has 37 heavy (non-hydrogen) atoms. The molecule has 2 aromatic heterocycles. The molecule has 0 bridgehead atoms. The Labute approximate surface area is 225 Å². The van der Waals surface area contributed by atoms with E-state index in [0.29, 0.717) is 9.72 Å². The first-order valence-electron chi connectivity index (χ1n) is 12.8. The number of nitrogens with zero attached hydrogens (tertiary/aromatic N) is 4. The number of thiophene rings is 1. The van der Waals surface area contributed by atoms with Crippen LogP contribution < -0.4 is 5.56 Å². The van der Waals surface area contributed by atoms with Gasteiger partial charge in [0.2, 0.25) is 5.91 Å². The van der Waals surface area contributed by atoms with E-state index in [0.717, 1.165) is 67.9 Å². The van der Waals surface area contributed by atoms with Crippen molar-refractivity contribution in [2.75, 3.05) is 26.2 Å². The number of halogens is 1. The fourth-order valence-electron chi connectivity index (χ4n) is 5.57. The lowest BCUT2D eigenvalue weighted by Crippen LogP contribution is -2.47. The lowest BCUT2D eigenvalue weighted by molar-refractivity contribution is -0.130. The molecule has 6 rings (SSSR count). The maximum Gasteiger partial charge on any atom is 0.271 e. The van der Waals surface area contributed by atoms with Crippen LogP contribution in [0.25, 0.3) is 20.7 Å². The fourth-order valence-corrected chi connectivity index (χ4v) is 6.81. The van der Waals surface area contributed by atoms with Crippen LogP contribution >= 0.6 is 22.9 Å². The number of aryl methyl sites for hydroxylation is 1. The highest BCUT2D eigenvalue weighted by Crippen LogP contribution is 2.33. The van der Waals surface area contributed by atoms with Gasteiger partial charge in [-0.1, -0.05) is 41.9 Å². The number of piperazine rings is 1. The highest BCUT2D eigenvalue weighted by molar-refractivity contribution is 7.22. The van der Waals surface area contributed by atoms with Crippen LogP contribution in [0.5, 0.6) is 0 Å². The van der Waals surface area contributed by atoms with Gasteiger partial charge in [0, 0.05) is 55.6 Å². The molecule has 0 N–H and O–H groups in total. The summed E-state index contributed by atoms with van der Waals surface area (Å²) in [6, 6.07) is 16.6. The normalized spacial score (nSPS) is 18.2. The average Bonchev–Trinajstić information content (AvgIpc) is 3.35. The van der Waals surface area contributed by atoms with Gasteiger partial charge in [-0.25, -0.2) is 4.98 Å². The molecule has 1 amide bonds. The van der Waals surface area contributed by atoms with Gasteiger partial charge >= 0.3 is 0 Å². The molecular weight excluding hydrogens is 504 g/mol. The van der Waals surface area contributed by atoms with Crippen LogP contribution in [-0.4, -0.2) is 51.4 Å². The lowest BCUT2D eigenvalue weighted by Gasteiger charge is -2.34. The largest absolute Gasteiger partial charge is 0.340 e. The van der Waals surface area contributed by atoms with E-state index in [9.17, 15) is 9.59 Å². The van der Waals surface area contributed by atoms with E-state index in [1.54, 1.807) is 13.3 Å². The minimum atomic E-state index is 0.0399. The van der Waals surface area contributed by atoms with E-state index in [4.69, 9.17) is 11.6 Å². The maximum absolute atomic E-state index is 13.5. The highest BCUT2D eigenvalue weighted by atomic mass is 35.5. The number of rotatable bonds is 4. The average molecular weight is 533 g/mol. The molecule has 2 aliphatic rings. The van der Waals surface area contributed by atoms with Crippen molar-refractivity contribution in [2.45, 2.75) is 38.8 Å². The zero-order valence-corrected chi connectivity index (χ0v) is 22.4. The number of hydrogen-bond donors (Lipinski definition) is 0. The standard InChI is InChI=1S/C29H29ClN4O2S/c1-19(35)33-11-9-32(10-12-33)17-20-5-6-22-15-25(8-7-21(22)13-20)34-18-31-26-16-27(37-28(26)29(34)36)23-3-2-4-24(30)14-23/h2-6,13-14,16,18,25H,7-12,15,17H2,1H3. The SMILES string of the molecule is CC(=O)N1CCN(Cc2ccc3c(c2)CCC(n2cnc4cc(-c5cccc(Cl)c5)sc4c2=O)C3)CC1. The summed E-state index contributed by atoms with van der Waals surface area (Å²) < 4.78 is 2.54. The second-order valence-electron chi connectivity index (χ2n) is 10.1. The van der Waals surface area contributed by atoms with Gasteiger partial charge in [0.15, 0.2) is 0 Å². The maximum atomic E-state index is 13.5. The van der Waals surface area contributed by atoms with E-state index in [2.05, 4.69) is 28.1 Å². The molecule has 1 unspecified atom stereocenters. The number of fused-ring (bicyclic) bond motifs is 2. The van der Waals surface area contributed by atoms with Crippen molar-refractivity contribution in [3.05, 3.63) is 86.9 Å². The van der Waals surface area contributed by atoms with Crippen LogP contribution in [0.4, 0.5) is 0 Å². The highest BCUT2D eigenvalue weighted by Gasteiger charge is 2.24. The molecule has 1 atom stereocenters. The van der Waals surface area contributed by atoms with Gasteiger partial charge in [-0.3, -0.25) is 19.1 Å². The first kappa shape index (κ1) is 24.3. The Bertz CT molecular complexity index is 1540. The monoisotopic (exact) mass is 532 g/mol. The van der Waals surface area contributed by atoms with Crippen molar-refractivity contribution in [3.63, 3.8) is 0 Å². The fraction of sp³-hybridized carbons (Fsp3) is 0.345. The number of aromatic nitrogens is 2. The number of carbonyl (C=O) groups is 1. The summed E-state index contributed by atoms with van der Waals surface area (Å²) in [5, 5.41) is 0.680. The third kappa shape index (κ3) is 4.96. The molecule has 0 spiro atoms. The Hall–Kier alpha value is -3.00. The van der Waals surface area contributed by atoms with Crippen LogP contribution in [0.2, 0.25) is 5.02 Å². The summed E-state index contributed by atoms with van der Waals surface area (Å²) in [5.41, 5.74) is 5.81. The van der Waals surface area contributed by atoms with Crippen molar-refractivity contribution in [1.29, 1.82) is 0 Å². The van der Waals surface area contributed by atoms with Crippen LogP contribution in [0.1, 0.15) is 36.1 Å². The topological polar surface area (TPSA) is 58.4 Å². The zero-order valence-electron chi connectivity index (χ0n) is 20.8. The lowest BCUT2D eigenvalue weighted by atomic mass is 9.87. The first-order chi connectivity index (χ1) is 17.9. The molecule has 1 aliphatic carbocycles. The van der Waals surface area contributed by atoms with Crippen LogP contribution in [-0.2, 0) is 24.2 Å². The van der Waals surface area contributed by atoms with E-state index in [1.807, 2.05) is 39.8 Å². The zero-order chi connectivity index (χ0) is 25.5. The minimum Gasteiger partial charge on any atom is -0.340 e. The van der Waals surface area contributed by atoms with E-state index < -0.39 is 0 Å². The summed E-state index contributed by atoms with van der Waals surface area (Å²) in [6.45, 7) is 6.00. The van der Waals surface area contributed by atoms with Crippen molar-refractivity contribution in [3.8, 4) is 10.4 Å². The Kier molecular flexibility index (Phi) is 6.61. The summed E-state index contributed by atoms with van der Waals surface area (Å²) in [5.74, 6) is 0.164. The number of hydrogen-bond acceptors (Lipinski definition) is 5. The number of benzene rings is 2. The van der Waals surface area contributed by atoms with Crippen LogP contribution in [0.3, 0.4) is 0 Å². The van der Waals surface area contributed by atoms with Gasteiger partial charge in [-0.05, 0) is 59.7 Å². The summed E-state index contributed by atoms with van der Waals surface area (Å²) >= 11 is 7.66. The quantitative estimate of drug-likeness (QED) is 0.364. The molecule has 190 valence electrons. The molecule has 0 radical (unpaired) electrons. The number of carbonyl (C=O) groups excluding carboxylic acids is 1. The number of amides is 1. The third-order valence-corrected chi connectivity index (χ3v) is 9.06. The van der Waals surface area contributed by atoms with Gasteiger partial charge in [-0.15, -0.1) is 11.3 Å². The molecule has 6 nitrogen and oxygen atoms in total. The minimum absolute atomic E-state index is 0.0399. The summed E-state index contributed by atoms with van der Waals surface area (Å²) in [7, 11) is 0. The predicted molar refractivity (Wildman–Crippen MR) is 149 cm³/mol. The van der Waals surface area contributed by atoms with Gasteiger partial charge in [0.05, 0.1) is 11.8 Å². The van der Waals surface area contributed by atoms with E-state index >= 15 is 0 Å². The molecule has 3 heterocycles. The molecule has 1 fully saturated rings. The summed E-state index contributed by atoms with van der Waals surface area (Å²) in [4.78, 5) is 35.1. The van der Waals surface area contributed by atoms with Gasteiger partial charge in [0.1, 0.15) is 4.70 Å². The Balaban J connectivity index is 1.18. The van der Waals surface area contributed by atoms with E-state index in [-0.39, 0.29) is 17.5 Å². The molecule has 8 heteroatoms. The van der Waals surface area contributed by atoms with Gasteiger partial charge < -0.3 is 4.90 Å². The molecule has 2 aromatic carbocycles. The van der Waals surface area contributed by atoms with Crippen molar-refractivity contribution in [2.24, 2.45) is 0 Å². The van der Waals surface area contributed by atoms with Crippen molar-refractivity contribution < 1.29 is 4.79 Å². The molecule has 1 saturated heterocycles. The van der Waals surface area contributed by atoms with Crippen molar-refractivity contribution in [1.82, 2.24) is 19.4 Å². The van der Waals surface area contributed by atoms with Crippen molar-refractivity contribution >= 4 is 39.1 Å². The van der Waals surface area contributed by atoms with Crippen LogP contribution in [0.15, 0.2) is 59.7 Å². The third-order valence-electron chi connectivity index (χ3n) is 7.66. The second-order valence-corrected chi connectivity index (χ2v) is 11.6. The van der Waals surface area contributed by atoms with Gasteiger partial charge in [0.25, 0.3) is 5.56 Å². The molecule has 4 aromatic rings. The smallest absolute Gasteiger partial charge is 0.271 e. The summed E-state index contributed by atoms with van der Waals surface area (Å²) in [6.07, 6.45) is 4.44. The van der Waals surface area contributed by atoms with Gasteiger partial charge in [-0.2, -0.15) is 0 Å². The van der Waals surface area contributed by atoms with Crippen LogP contribution in [0, 0.1) is 0 Å².